The van der Waals surface area contributed by atoms with Crippen LogP contribution in [-0.2, 0) is 0 Å². The van der Waals surface area contributed by atoms with Gasteiger partial charge in [0.05, 0.1) is 29.2 Å². The van der Waals surface area contributed by atoms with E-state index in [1.54, 1.807) is 23.1 Å². The zero-order valence-electron chi connectivity index (χ0n) is 15.0. The van der Waals surface area contributed by atoms with Crippen LogP contribution < -0.4 is 5.32 Å². The Kier molecular flexibility index (Phi) is 4.67. The molecule has 0 aliphatic heterocycles. The van der Waals surface area contributed by atoms with Gasteiger partial charge in [-0.25, -0.2) is 14.1 Å². The van der Waals surface area contributed by atoms with Gasteiger partial charge in [0.1, 0.15) is 18.5 Å². The first-order chi connectivity index (χ1) is 13.6. The lowest BCUT2D eigenvalue weighted by Crippen LogP contribution is -2.26. The summed E-state index contributed by atoms with van der Waals surface area (Å²) < 4.78 is 14.8. The SMILES string of the molecule is C[C@H](NC(=O)c1cn[nH]c1-c1ccc(F)cc1)c1ccc(-n2cncn2)cc1. The molecule has 0 saturated heterocycles. The number of aromatic nitrogens is 5. The Labute approximate surface area is 160 Å². The van der Waals surface area contributed by atoms with Crippen LogP contribution in [0.3, 0.4) is 0 Å². The van der Waals surface area contributed by atoms with E-state index in [9.17, 15) is 9.18 Å². The lowest BCUT2D eigenvalue weighted by molar-refractivity contribution is 0.0940. The molecular weight excluding hydrogens is 359 g/mol. The molecule has 0 aliphatic rings. The van der Waals surface area contributed by atoms with Gasteiger partial charge in [0.15, 0.2) is 0 Å². The summed E-state index contributed by atoms with van der Waals surface area (Å²) in [6.45, 7) is 1.90. The third-order valence-corrected chi connectivity index (χ3v) is 4.44. The van der Waals surface area contributed by atoms with E-state index in [0.29, 0.717) is 16.8 Å². The fraction of sp³-hybridized carbons (Fsp3) is 0.100. The minimum absolute atomic E-state index is 0.215. The average molecular weight is 376 g/mol. The molecule has 8 heteroatoms. The summed E-state index contributed by atoms with van der Waals surface area (Å²) in [6, 6.07) is 13.4. The van der Waals surface area contributed by atoms with Crippen molar-refractivity contribution in [2.75, 3.05) is 0 Å². The Bertz CT molecular complexity index is 1070. The predicted molar refractivity (Wildman–Crippen MR) is 101 cm³/mol. The fourth-order valence-corrected chi connectivity index (χ4v) is 2.91. The van der Waals surface area contributed by atoms with Gasteiger partial charge >= 0.3 is 0 Å². The Morgan fingerprint density at radius 1 is 1.14 bits per heavy atom. The highest BCUT2D eigenvalue weighted by atomic mass is 19.1. The highest BCUT2D eigenvalue weighted by Gasteiger charge is 2.18. The maximum absolute atomic E-state index is 13.2. The van der Waals surface area contributed by atoms with Crippen molar-refractivity contribution < 1.29 is 9.18 Å². The summed E-state index contributed by atoms with van der Waals surface area (Å²) in [5, 5.41) is 13.8. The zero-order chi connectivity index (χ0) is 19.5. The molecule has 0 unspecified atom stereocenters. The number of rotatable bonds is 5. The van der Waals surface area contributed by atoms with Crippen molar-refractivity contribution in [2.24, 2.45) is 0 Å². The van der Waals surface area contributed by atoms with Crippen LogP contribution in [0, 0.1) is 5.82 Å². The van der Waals surface area contributed by atoms with E-state index in [0.717, 1.165) is 11.3 Å². The van der Waals surface area contributed by atoms with Crippen LogP contribution in [0.5, 0.6) is 0 Å². The van der Waals surface area contributed by atoms with Gasteiger partial charge in [-0.2, -0.15) is 10.2 Å². The molecule has 0 bridgehead atoms. The van der Waals surface area contributed by atoms with Gasteiger partial charge in [-0.3, -0.25) is 9.89 Å². The first-order valence-corrected chi connectivity index (χ1v) is 8.67. The normalized spacial score (nSPS) is 11.9. The number of hydrogen-bond acceptors (Lipinski definition) is 4. The summed E-state index contributed by atoms with van der Waals surface area (Å²) in [4.78, 5) is 16.7. The Balaban J connectivity index is 1.49. The molecule has 0 fully saturated rings. The molecule has 2 N–H and O–H groups in total. The van der Waals surface area contributed by atoms with Gasteiger partial charge in [0.25, 0.3) is 5.91 Å². The summed E-state index contributed by atoms with van der Waals surface area (Å²) in [5.74, 6) is -0.599. The van der Waals surface area contributed by atoms with Crippen molar-refractivity contribution in [1.29, 1.82) is 0 Å². The summed E-state index contributed by atoms with van der Waals surface area (Å²) in [5.41, 5.74) is 3.47. The molecule has 0 radical (unpaired) electrons. The zero-order valence-corrected chi connectivity index (χ0v) is 15.0. The smallest absolute Gasteiger partial charge is 0.255 e. The standard InChI is InChI=1S/C20H17FN6O/c1-13(14-4-8-17(9-5-14)27-12-22-11-24-27)25-20(28)18-10-23-26-19(18)15-2-6-16(21)7-3-15/h2-13H,1H3,(H,23,26)(H,25,28)/t13-/m0/s1. The predicted octanol–water partition coefficient (Wildman–Crippen LogP) is 3.29. The Morgan fingerprint density at radius 2 is 1.89 bits per heavy atom. The van der Waals surface area contributed by atoms with E-state index in [1.165, 1.54) is 24.7 Å². The quantitative estimate of drug-likeness (QED) is 0.559. The van der Waals surface area contributed by atoms with E-state index in [4.69, 9.17) is 0 Å². The summed E-state index contributed by atoms with van der Waals surface area (Å²) >= 11 is 0. The number of benzene rings is 2. The number of H-pyrrole nitrogens is 1. The number of carbonyl (C=O) groups is 1. The van der Waals surface area contributed by atoms with Gasteiger partial charge in [-0.1, -0.05) is 12.1 Å². The van der Waals surface area contributed by atoms with Gasteiger partial charge in [0.2, 0.25) is 0 Å². The van der Waals surface area contributed by atoms with Crippen molar-refractivity contribution in [3.05, 3.63) is 84.3 Å². The second kappa shape index (κ2) is 7.43. The second-order valence-corrected chi connectivity index (χ2v) is 6.29. The van der Waals surface area contributed by atoms with Crippen molar-refractivity contribution in [1.82, 2.24) is 30.3 Å². The lowest BCUT2D eigenvalue weighted by Gasteiger charge is -2.15. The third kappa shape index (κ3) is 3.52. The number of nitrogens with one attached hydrogen (secondary N) is 2. The molecule has 140 valence electrons. The summed E-state index contributed by atoms with van der Waals surface area (Å²) in [7, 11) is 0. The minimum Gasteiger partial charge on any atom is -0.345 e. The number of aromatic amines is 1. The van der Waals surface area contributed by atoms with Crippen LogP contribution in [0.1, 0.15) is 28.9 Å². The molecule has 1 amide bonds. The largest absolute Gasteiger partial charge is 0.345 e. The maximum Gasteiger partial charge on any atom is 0.255 e. The molecule has 0 spiro atoms. The first-order valence-electron chi connectivity index (χ1n) is 8.67. The number of hydrogen-bond donors (Lipinski definition) is 2. The molecular formula is C20H17FN6O. The molecule has 2 aromatic carbocycles. The maximum atomic E-state index is 13.2. The number of amides is 1. The molecule has 1 atom stereocenters. The van der Waals surface area contributed by atoms with E-state index in [-0.39, 0.29) is 17.8 Å². The number of carbonyl (C=O) groups excluding carboxylic acids is 1. The molecule has 4 rings (SSSR count). The van der Waals surface area contributed by atoms with Gasteiger partial charge in [0, 0.05) is 5.56 Å². The van der Waals surface area contributed by atoms with Crippen molar-refractivity contribution in [3.8, 4) is 16.9 Å². The van der Waals surface area contributed by atoms with Crippen molar-refractivity contribution >= 4 is 5.91 Å². The van der Waals surface area contributed by atoms with Gasteiger partial charge < -0.3 is 5.32 Å². The van der Waals surface area contributed by atoms with E-state index in [2.05, 4.69) is 25.6 Å². The molecule has 2 aromatic heterocycles. The first kappa shape index (κ1) is 17.6. The van der Waals surface area contributed by atoms with Crippen LogP contribution in [0.25, 0.3) is 16.9 Å². The third-order valence-electron chi connectivity index (χ3n) is 4.44. The van der Waals surface area contributed by atoms with Crippen LogP contribution >= 0.6 is 0 Å². The highest BCUT2D eigenvalue weighted by Crippen LogP contribution is 2.22. The lowest BCUT2D eigenvalue weighted by atomic mass is 10.1. The molecule has 28 heavy (non-hydrogen) atoms. The molecule has 2 heterocycles. The Hall–Kier alpha value is -3.81. The monoisotopic (exact) mass is 376 g/mol. The van der Waals surface area contributed by atoms with Crippen molar-refractivity contribution in [3.63, 3.8) is 0 Å². The van der Waals surface area contributed by atoms with Crippen LogP contribution in [-0.4, -0.2) is 30.9 Å². The second-order valence-electron chi connectivity index (χ2n) is 6.29. The average Bonchev–Trinajstić information content (AvgIpc) is 3.41. The van der Waals surface area contributed by atoms with Crippen LogP contribution in [0.2, 0.25) is 0 Å². The van der Waals surface area contributed by atoms with Crippen LogP contribution in [0.15, 0.2) is 67.4 Å². The van der Waals surface area contributed by atoms with E-state index >= 15 is 0 Å². The molecule has 4 aromatic rings. The number of halogens is 1. The highest BCUT2D eigenvalue weighted by molar-refractivity contribution is 5.99. The number of nitrogens with zero attached hydrogens (tertiary/aromatic N) is 4. The molecule has 0 aliphatic carbocycles. The van der Waals surface area contributed by atoms with E-state index < -0.39 is 0 Å². The fourth-order valence-electron chi connectivity index (χ4n) is 2.91. The Morgan fingerprint density at radius 3 is 2.57 bits per heavy atom. The minimum atomic E-state index is -0.336. The van der Waals surface area contributed by atoms with Gasteiger partial charge in [-0.05, 0) is 48.9 Å². The summed E-state index contributed by atoms with van der Waals surface area (Å²) in [6.07, 6.45) is 4.56. The van der Waals surface area contributed by atoms with E-state index in [1.807, 2.05) is 31.2 Å². The molecule has 7 nitrogen and oxygen atoms in total. The van der Waals surface area contributed by atoms with Crippen molar-refractivity contribution in [2.45, 2.75) is 13.0 Å². The topological polar surface area (TPSA) is 88.5 Å². The molecule has 0 saturated carbocycles. The van der Waals surface area contributed by atoms with Crippen LogP contribution in [0.4, 0.5) is 4.39 Å². The van der Waals surface area contributed by atoms with Gasteiger partial charge in [-0.15, -0.1) is 0 Å².